The van der Waals surface area contributed by atoms with Crippen molar-refractivity contribution in [3.05, 3.63) is 59.2 Å². The zero-order valence-electron chi connectivity index (χ0n) is 14.5. The van der Waals surface area contributed by atoms with Gasteiger partial charge in [-0.2, -0.15) is 0 Å². The summed E-state index contributed by atoms with van der Waals surface area (Å²) in [5.41, 5.74) is 5.23. The van der Waals surface area contributed by atoms with Crippen LogP contribution in [-0.4, -0.2) is 20.6 Å². The Hall–Kier alpha value is -2.07. The van der Waals surface area contributed by atoms with Gasteiger partial charge in [-0.05, 0) is 57.0 Å². The molecule has 0 aliphatic carbocycles. The number of benzene rings is 2. The van der Waals surface area contributed by atoms with Crippen LogP contribution in [0.1, 0.15) is 35.3 Å². The zero-order valence-corrected chi connectivity index (χ0v) is 15.4. The number of Topliss-reactive ketones (excluding diaryl/α,β-unsaturated/α-hetero) is 1. The summed E-state index contributed by atoms with van der Waals surface area (Å²) in [6.07, 6.45) is 0. The van der Waals surface area contributed by atoms with Gasteiger partial charge in [0.25, 0.3) is 0 Å². The number of hydrogen-bond acceptors (Lipinski definition) is 3. The quantitative estimate of drug-likeness (QED) is 0.483. The van der Waals surface area contributed by atoms with Crippen molar-refractivity contribution < 1.29 is 4.79 Å². The first-order valence-electron chi connectivity index (χ1n) is 8.24. The molecule has 0 saturated carbocycles. The molecule has 0 bridgehead atoms. The molecular formula is C20H22N2OS. The van der Waals surface area contributed by atoms with E-state index in [0.29, 0.717) is 0 Å². The second kappa shape index (κ2) is 6.81. The number of nitrogens with zero attached hydrogens (tertiary/aromatic N) is 2. The summed E-state index contributed by atoms with van der Waals surface area (Å²) in [4.78, 5) is 17.5. The molecule has 0 aliphatic rings. The van der Waals surface area contributed by atoms with Crippen molar-refractivity contribution in [3.8, 4) is 0 Å². The van der Waals surface area contributed by atoms with E-state index in [9.17, 15) is 4.79 Å². The maximum atomic E-state index is 12.8. The first-order valence-corrected chi connectivity index (χ1v) is 9.12. The number of rotatable bonds is 5. The number of fused-ring (bicyclic) bond motifs is 1. The minimum atomic E-state index is -0.172. The van der Waals surface area contributed by atoms with Gasteiger partial charge in [-0.1, -0.05) is 36.0 Å². The van der Waals surface area contributed by atoms with E-state index in [1.54, 1.807) is 0 Å². The van der Waals surface area contributed by atoms with Crippen molar-refractivity contribution in [2.45, 2.75) is 44.6 Å². The molecule has 0 spiro atoms. The minimum Gasteiger partial charge on any atom is -0.319 e. The summed E-state index contributed by atoms with van der Waals surface area (Å²) in [6.45, 7) is 9.01. The van der Waals surface area contributed by atoms with Crippen LogP contribution in [0.15, 0.2) is 47.6 Å². The summed E-state index contributed by atoms with van der Waals surface area (Å²) >= 11 is 1.54. The van der Waals surface area contributed by atoms with E-state index in [0.717, 1.165) is 33.9 Å². The van der Waals surface area contributed by atoms with Crippen LogP contribution in [-0.2, 0) is 6.54 Å². The molecule has 0 amide bonds. The number of ketones is 1. The minimum absolute atomic E-state index is 0.151. The fraction of sp³-hybridized carbons (Fsp3) is 0.300. The Labute approximate surface area is 147 Å². The van der Waals surface area contributed by atoms with E-state index in [1.165, 1.54) is 17.3 Å². The highest BCUT2D eigenvalue weighted by Crippen LogP contribution is 2.29. The molecule has 1 aromatic heterocycles. The summed E-state index contributed by atoms with van der Waals surface area (Å²) in [7, 11) is 0. The monoisotopic (exact) mass is 338 g/mol. The SMILES string of the molecule is CCn1c(S[C@@H](C)C(=O)c2ccc(C)c(C)c2)nc2ccccc21. The van der Waals surface area contributed by atoms with Gasteiger partial charge < -0.3 is 4.57 Å². The van der Waals surface area contributed by atoms with Crippen molar-refractivity contribution >= 4 is 28.6 Å². The Kier molecular flexibility index (Phi) is 4.76. The second-order valence-corrected chi connectivity index (χ2v) is 7.36. The number of aryl methyl sites for hydroxylation is 3. The van der Waals surface area contributed by atoms with Gasteiger partial charge >= 0.3 is 0 Å². The van der Waals surface area contributed by atoms with Crippen LogP contribution in [0, 0.1) is 13.8 Å². The molecule has 2 aromatic carbocycles. The topological polar surface area (TPSA) is 34.9 Å². The van der Waals surface area contributed by atoms with Crippen LogP contribution in [0.5, 0.6) is 0 Å². The fourth-order valence-electron chi connectivity index (χ4n) is 2.79. The van der Waals surface area contributed by atoms with Crippen LogP contribution in [0.4, 0.5) is 0 Å². The second-order valence-electron chi connectivity index (χ2n) is 6.05. The van der Waals surface area contributed by atoms with E-state index in [4.69, 9.17) is 4.98 Å². The highest BCUT2D eigenvalue weighted by Gasteiger charge is 2.20. The number of thioether (sulfide) groups is 1. The van der Waals surface area contributed by atoms with Crippen LogP contribution in [0.3, 0.4) is 0 Å². The number of para-hydroxylation sites is 2. The molecule has 3 nitrogen and oxygen atoms in total. The molecule has 1 atom stereocenters. The highest BCUT2D eigenvalue weighted by molar-refractivity contribution is 8.00. The lowest BCUT2D eigenvalue weighted by molar-refractivity contribution is 0.0993. The number of imidazole rings is 1. The third kappa shape index (κ3) is 3.11. The Balaban J connectivity index is 1.87. The summed E-state index contributed by atoms with van der Waals surface area (Å²) in [5.74, 6) is 0.151. The summed E-state index contributed by atoms with van der Waals surface area (Å²) < 4.78 is 2.17. The van der Waals surface area contributed by atoms with Gasteiger partial charge in [0.1, 0.15) is 0 Å². The molecule has 0 saturated heterocycles. The molecule has 4 heteroatoms. The highest BCUT2D eigenvalue weighted by atomic mass is 32.2. The summed E-state index contributed by atoms with van der Waals surface area (Å²) in [6, 6.07) is 14.0. The molecule has 3 aromatic rings. The van der Waals surface area contributed by atoms with Crippen LogP contribution in [0.25, 0.3) is 11.0 Å². The van der Waals surface area contributed by atoms with E-state index >= 15 is 0 Å². The number of carbonyl (C=O) groups is 1. The molecular weight excluding hydrogens is 316 g/mol. The van der Waals surface area contributed by atoms with Crippen LogP contribution in [0.2, 0.25) is 0 Å². The molecule has 124 valence electrons. The van der Waals surface area contributed by atoms with E-state index < -0.39 is 0 Å². The Morgan fingerprint density at radius 3 is 2.62 bits per heavy atom. The van der Waals surface area contributed by atoms with Crippen molar-refractivity contribution in [3.63, 3.8) is 0 Å². The Morgan fingerprint density at radius 2 is 1.92 bits per heavy atom. The maximum absolute atomic E-state index is 12.8. The zero-order chi connectivity index (χ0) is 17.3. The largest absolute Gasteiger partial charge is 0.319 e. The van der Waals surface area contributed by atoms with E-state index in [-0.39, 0.29) is 11.0 Å². The predicted molar refractivity (Wildman–Crippen MR) is 101 cm³/mol. The van der Waals surface area contributed by atoms with Gasteiger partial charge in [-0.3, -0.25) is 4.79 Å². The molecule has 0 N–H and O–H groups in total. The fourth-order valence-corrected chi connectivity index (χ4v) is 3.86. The Morgan fingerprint density at radius 1 is 1.17 bits per heavy atom. The van der Waals surface area contributed by atoms with Crippen molar-refractivity contribution in [1.29, 1.82) is 0 Å². The molecule has 0 aliphatic heterocycles. The number of aromatic nitrogens is 2. The molecule has 3 rings (SSSR count). The summed E-state index contributed by atoms with van der Waals surface area (Å²) in [5, 5.41) is 0.734. The van der Waals surface area contributed by atoms with Crippen LogP contribution >= 0.6 is 11.8 Å². The van der Waals surface area contributed by atoms with Crippen LogP contribution < -0.4 is 0 Å². The smallest absolute Gasteiger partial charge is 0.176 e. The lowest BCUT2D eigenvalue weighted by Crippen LogP contribution is -2.15. The van der Waals surface area contributed by atoms with Gasteiger partial charge in [-0.15, -0.1) is 0 Å². The van der Waals surface area contributed by atoms with Gasteiger partial charge in [0, 0.05) is 12.1 Å². The Bertz CT molecular complexity index is 898. The standard InChI is InChI=1S/C20H22N2OS/c1-5-22-18-9-7-6-8-17(18)21-20(22)24-15(4)19(23)16-11-10-13(2)14(3)12-16/h6-12,15H,5H2,1-4H3/t15-/m0/s1. The third-order valence-electron chi connectivity index (χ3n) is 4.38. The predicted octanol–water partition coefficient (Wildman–Crippen LogP) is 5.04. The molecule has 24 heavy (non-hydrogen) atoms. The lowest BCUT2D eigenvalue weighted by atomic mass is 10.0. The first-order chi connectivity index (χ1) is 11.5. The number of hydrogen-bond donors (Lipinski definition) is 0. The van der Waals surface area contributed by atoms with Gasteiger partial charge in [-0.25, -0.2) is 4.98 Å². The maximum Gasteiger partial charge on any atom is 0.176 e. The van der Waals surface area contributed by atoms with Gasteiger partial charge in [0.05, 0.1) is 16.3 Å². The van der Waals surface area contributed by atoms with Gasteiger partial charge in [0.15, 0.2) is 10.9 Å². The molecule has 1 heterocycles. The van der Waals surface area contributed by atoms with E-state index in [1.807, 2.05) is 50.2 Å². The molecule has 0 fully saturated rings. The normalized spacial score (nSPS) is 12.5. The molecule has 0 radical (unpaired) electrons. The van der Waals surface area contributed by atoms with Gasteiger partial charge in [0.2, 0.25) is 0 Å². The van der Waals surface area contributed by atoms with Crippen molar-refractivity contribution in [2.24, 2.45) is 0 Å². The molecule has 0 unspecified atom stereocenters. The third-order valence-corrected chi connectivity index (χ3v) is 5.47. The van der Waals surface area contributed by atoms with Crippen molar-refractivity contribution in [1.82, 2.24) is 9.55 Å². The average molecular weight is 338 g/mol. The number of carbonyl (C=O) groups excluding carboxylic acids is 1. The average Bonchev–Trinajstić information content (AvgIpc) is 2.93. The lowest BCUT2D eigenvalue weighted by Gasteiger charge is -2.12. The van der Waals surface area contributed by atoms with Crippen molar-refractivity contribution in [2.75, 3.05) is 0 Å². The van der Waals surface area contributed by atoms with E-state index in [2.05, 4.69) is 24.5 Å². The first kappa shape index (κ1) is 16.8.